The molecule has 1 heterocycles. The average molecular weight is 393 g/mol. The largest absolute Gasteiger partial charge is 0.508 e. The SMILES string of the molecule is Cc1ccc(N=C2S/C(=C/c3cccc(O)c3)C(=O)N2C2CCCCC2)cc1. The van der Waals surface area contributed by atoms with Gasteiger partial charge >= 0.3 is 0 Å². The minimum absolute atomic E-state index is 0.0195. The first-order chi connectivity index (χ1) is 13.6. The predicted molar refractivity (Wildman–Crippen MR) is 116 cm³/mol. The highest BCUT2D eigenvalue weighted by molar-refractivity contribution is 8.18. The molecule has 144 valence electrons. The van der Waals surface area contributed by atoms with E-state index in [-0.39, 0.29) is 17.7 Å². The molecular weight excluding hydrogens is 368 g/mol. The summed E-state index contributed by atoms with van der Waals surface area (Å²) in [5.74, 6) is 0.216. The number of benzene rings is 2. The van der Waals surface area contributed by atoms with Crippen molar-refractivity contribution in [2.45, 2.75) is 45.1 Å². The van der Waals surface area contributed by atoms with Crippen molar-refractivity contribution in [1.29, 1.82) is 0 Å². The van der Waals surface area contributed by atoms with Gasteiger partial charge in [-0.25, -0.2) is 4.99 Å². The van der Waals surface area contributed by atoms with Gasteiger partial charge < -0.3 is 5.11 Å². The van der Waals surface area contributed by atoms with Gasteiger partial charge in [-0.3, -0.25) is 9.69 Å². The maximum atomic E-state index is 13.2. The molecule has 0 bridgehead atoms. The zero-order valence-electron chi connectivity index (χ0n) is 16.0. The molecule has 0 spiro atoms. The number of nitrogens with zero attached hydrogens (tertiary/aromatic N) is 2. The van der Waals surface area contributed by atoms with Crippen LogP contribution in [0.5, 0.6) is 5.75 Å². The van der Waals surface area contributed by atoms with Gasteiger partial charge in [0.1, 0.15) is 5.75 Å². The maximum absolute atomic E-state index is 13.2. The zero-order valence-corrected chi connectivity index (χ0v) is 16.8. The summed E-state index contributed by atoms with van der Waals surface area (Å²) in [6, 6.07) is 15.2. The summed E-state index contributed by atoms with van der Waals surface area (Å²) in [6.07, 6.45) is 7.45. The fourth-order valence-electron chi connectivity index (χ4n) is 3.72. The number of rotatable bonds is 3. The van der Waals surface area contributed by atoms with E-state index in [9.17, 15) is 9.90 Å². The number of hydrogen-bond acceptors (Lipinski definition) is 4. The maximum Gasteiger partial charge on any atom is 0.267 e. The van der Waals surface area contributed by atoms with E-state index in [0.29, 0.717) is 4.91 Å². The van der Waals surface area contributed by atoms with Gasteiger partial charge in [0.2, 0.25) is 0 Å². The number of amidine groups is 1. The highest BCUT2D eigenvalue weighted by Crippen LogP contribution is 2.38. The third-order valence-corrected chi connectivity index (χ3v) is 6.19. The number of phenols is 1. The molecule has 2 aromatic carbocycles. The summed E-state index contributed by atoms with van der Waals surface area (Å²) < 4.78 is 0. The Morgan fingerprint density at radius 1 is 1.11 bits per heavy atom. The van der Waals surface area contributed by atoms with Crippen LogP contribution in [-0.4, -0.2) is 27.1 Å². The Balaban J connectivity index is 1.69. The van der Waals surface area contributed by atoms with Gasteiger partial charge in [0, 0.05) is 6.04 Å². The van der Waals surface area contributed by atoms with Crippen molar-refractivity contribution in [1.82, 2.24) is 4.90 Å². The number of aryl methyl sites for hydroxylation is 1. The monoisotopic (exact) mass is 392 g/mol. The standard InChI is InChI=1S/C23H24N2O2S/c1-16-10-12-18(13-11-16)24-23-25(19-7-3-2-4-8-19)22(27)21(28-23)15-17-6-5-9-20(26)14-17/h5-6,9-15,19,26H,2-4,7-8H2,1H3/b21-15+,24-23?. The number of amides is 1. The van der Waals surface area contributed by atoms with E-state index in [0.717, 1.165) is 42.1 Å². The molecule has 0 atom stereocenters. The number of aliphatic imine (C=N–C) groups is 1. The number of hydrogen-bond donors (Lipinski definition) is 1. The lowest BCUT2D eigenvalue weighted by Crippen LogP contribution is -2.40. The number of carbonyl (C=O) groups excluding carboxylic acids is 1. The lowest BCUT2D eigenvalue weighted by molar-refractivity contribution is -0.124. The first-order valence-electron chi connectivity index (χ1n) is 9.78. The van der Waals surface area contributed by atoms with Crippen molar-refractivity contribution in [3.8, 4) is 5.75 Å². The van der Waals surface area contributed by atoms with Gasteiger partial charge in [0.15, 0.2) is 5.17 Å². The van der Waals surface area contributed by atoms with Crippen LogP contribution in [0.2, 0.25) is 0 Å². The third-order valence-electron chi connectivity index (χ3n) is 5.20. The fourth-order valence-corrected chi connectivity index (χ4v) is 4.78. The molecule has 2 aromatic rings. The molecule has 4 rings (SSSR count). The Kier molecular flexibility index (Phi) is 5.53. The summed E-state index contributed by atoms with van der Waals surface area (Å²) in [6.45, 7) is 2.05. The molecule has 1 aliphatic heterocycles. The number of aromatic hydroxyl groups is 1. The van der Waals surface area contributed by atoms with Gasteiger partial charge in [-0.05, 0) is 67.4 Å². The summed E-state index contributed by atoms with van der Waals surface area (Å²) in [5, 5.41) is 10.5. The lowest BCUT2D eigenvalue weighted by atomic mass is 9.94. The van der Waals surface area contributed by atoms with E-state index >= 15 is 0 Å². The van der Waals surface area contributed by atoms with E-state index in [1.165, 1.54) is 23.7 Å². The van der Waals surface area contributed by atoms with Crippen molar-refractivity contribution < 1.29 is 9.90 Å². The highest BCUT2D eigenvalue weighted by atomic mass is 32.2. The molecule has 1 aliphatic carbocycles. The third kappa shape index (κ3) is 4.14. The first-order valence-corrected chi connectivity index (χ1v) is 10.6. The topological polar surface area (TPSA) is 52.9 Å². The number of phenolic OH excluding ortho intramolecular Hbond substituents is 1. The van der Waals surface area contributed by atoms with Gasteiger partial charge in [-0.1, -0.05) is 49.1 Å². The Bertz CT molecular complexity index is 928. The van der Waals surface area contributed by atoms with Crippen LogP contribution in [0.1, 0.15) is 43.2 Å². The second kappa shape index (κ2) is 8.23. The molecule has 1 saturated carbocycles. The van der Waals surface area contributed by atoms with Crippen LogP contribution in [0.25, 0.3) is 6.08 Å². The van der Waals surface area contributed by atoms with Gasteiger partial charge in [-0.2, -0.15) is 0 Å². The molecule has 28 heavy (non-hydrogen) atoms. The van der Waals surface area contributed by atoms with E-state index < -0.39 is 0 Å². The predicted octanol–water partition coefficient (Wildman–Crippen LogP) is 5.64. The van der Waals surface area contributed by atoms with Crippen LogP contribution >= 0.6 is 11.8 Å². The number of thioether (sulfide) groups is 1. The molecule has 2 aliphatic rings. The molecular formula is C23H24N2O2S. The van der Waals surface area contributed by atoms with Crippen LogP contribution in [0.4, 0.5) is 5.69 Å². The second-order valence-corrected chi connectivity index (χ2v) is 8.41. The van der Waals surface area contributed by atoms with E-state index in [1.807, 2.05) is 41.3 Å². The summed E-state index contributed by atoms with van der Waals surface area (Å²) >= 11 is 1.43. The molecule has 0 aromatic heterocycles. The molecule has 1 amide bonds. The Hall–Kier alpha value is -2.53. The Morgan fingerprint density at radius 2 is 1.86 bits per heavy atom. The molecule has 4 nitrogen and oxygen atoms in total. The van der Waals surface area contributed by atoms with Crippen LogP contribution < -0.4 is 0 Å². The molecule has 1 N–H and O–H groups in total. The van der Waals surface area contributed by atoms with Crippen molar-refractivity contribution in [2.24, 2.45) is 4.99 Å². The quantitative estimate of drug-likeness (QED) is 0.688. The van der Waals surface area contributed by atoms with Crippen molar-refractivity contribution >= 4 is 34.6 Å². The summed E-state index contributed by atoms with van der Waals surface area (Å²) in [4.78, 5) is 20.6. The van der Waals surface area contributed by atoms with E-state index in [2.05, 4.69) is 6.92 Å². The van der Waals surface area contributed by atoms with Crippen molar-refractivity contribution in [3.05, 3.63) is 64.6 Å². The van der Waals surface area contributed by atoms with Gasteiger partial charge in [0.25, 0.3) is 5.91 Å². The highest BCUT2D eigenvalue weighted by Gasteiger charge is 2.38. The normalized spacial score (nSPS) is 21.0. The van der Waals surface area contributed by atoms with Crippen molar-refractivity contribution in [2.75, 3.05) is 0 Å². The lowest BCUT2D eigenvalue weighted by Gasteiger charge is -2.30. The van der Waals surface area contributed by atoms with Crippen LogP contribution in [0.15, 0.2) is 58.4 Å². The second-order valence-electron chi connectivity index (χ2n) is 7.40. The smallest absolute Gasteiger partial charge is 0.267 e. The Labute approximate surface area is 170 Å². The average Bonchev–Trinajstić information content (AvgIpc) is 2.99. The molecule has 2 fully saturated rings. The summed E-state index contributed by atoms with van der Waals surface area (Å²) in [5.41, 5.74) is 2.86. The van der Waals surface area contributed by atoms with Crippen LogP contribution in [-0.2, 0) is 4.79 Å². The van der Waals surface area contributed by atoms with Crippen LogP contribution in [0, 0.1) is 6.92 Å². The summed E-state index contributed by atoms with van der Waals surface area (Å²) in [7, 11) is 0. The zero-order chi connectivity index (χ0) is 19.5. The van der Waals surface area contributed by atoms with Crippen LogP contribution in [0.3, 0.4) is 0 Å². The molecule has 1 saturated heterocycles. The first kappa shape index (κ1) is 18.8. The number of carbonyl (C=O) groups is 1. The Morgan fingerprint density at radius 3 is 2.57 bits per heavy atom. The van der Waals surface area contributed by atoms with E-state index in [4.69, 9.17) is 4.99 Å². The van der Waals surface area contributed by atoms with Gasteiger partial charge in [0.05, 0.1) is 10.6 Å². The fraction of sp³-hybridized carbons (Fsp3) is 0.304. The molecule has 0 radical (unpaired) electrons. The minimum Gasteiger partial charge on any atom is -0.508 e. The molecule has 0 unspecified atom stereocenters. The minimum atomic E-state index is 0.0195. The molecule has 5 heteroatoms. The van der Waals surface area contributed by atoms with Crippen molar-refractivity contribution in [3.63, 3.8) is 0 Å². The van der Waals surface area contributed by atoms with Gasteiger partial charge in [-0.15, -0.1) is 0 Å². The van der Waals surface area contributed by atoms with E-state index in [1.54, 1.807) is 18.2 Å².